The quantitative estimate of drug-likeness (QED) is 0.164. The molecule has 0 aliphatic carbocycles. The molecule has 2 aromatic carbocycles. The Kier molecular flexibility index (Phi) is 11.2. The van der Waals surface area contributed by atoms with E-state index in [-0.39, 0.29) is 29.6 Å². The number of aliphatic hydroxyl groups excluding tert-OH is 1. The van der Waals surface area contributed by atoms with Gasteiger partial charge in [0.15, 0.2) is 0 Å². The lowest BCUT2D eigenvalue weighted by Gasteiger charge is -2.39. The maximum atomic E-state index is 14.9. The van der Waals surface area contributed by atoms with Crippen LogP contribution in [0.25, 0.3) is 0 Å². The van der Waals surface area contributed by atoms with E-state index in [4.69, 9.17) is 9.47 Å². The fourth-order valence-electron chi connectivity index (χ4n) is 7.71. The summed E-state index contributed by atoms with van der Waals surface area (Å²) >= 11 is 3.72. The van der Waals surface area contributed by atoms with Gasteiger partial charge in [-0.2, -0.15) is 0 Å². The third-order valence-corrected chi connectivity index (χ3v) is 10.8. The monoisotopic (exact) mass is 735 g/mol. The van der Waals surface area contributed by atoms with Gasteiger partial charge in [0.2, 0.25) is 11.8 Å². The van der Waals surface area contributed by atoms with Crippen LogP contribution in [-0.4, -0.2) is 81.5 Å². The van der Waals surface area contributed by atoms with Crippen molar-refractivity contribution < 1.29 is 33.8 Å². The molecular formula is C38H46BrN3O7. The van der Waals surface area contributed by atoms with Gasteiger partial charge < -0.3 is 29.7 Å². The van der Waals surface area contributed by atoms with Gasteiger partial charge in [0.05, 0.1) is 36.6 Å². The number of fused-ring (bicyclic) bond motifs is 1. The number of aliphatic hydroxyl groups is 1. The first kappa shape index (κ1) is 36.5. The van der Waals surface area contributed by atoms with E-state index in [1.807, 2.05) is 62.4 Å². The summed E-state index contributed by atoms with van der Waals surface area (Å²) in [7, 11) is 0. The Labute approximate surface area is 296 Å². The smallest absolute Gasteiger partial charge is 0.313 e. The molecule has 3 amide bonds. The molecule has 3 aliphatic rings. The molecule has 5 rings (SSSR count). The Morgan fingerprint density at radius 2 is 1.88 bits per heavy atom. The lowest BCUT2D eigenvalue weighted by atomic mass is 9.70. The first-order valence-corrected chi connectivity index (χ1v) is 17.7. The van der Waals surface area contributed by atoms with E-state index in [9.17, 15) is 24.3 Å². The van der Waals surface area contributed by atoms with Crippen LogP contribution in [0.4, 0.5) is 5.69 Å². The molecule has 3 saturated heterocycles. The van der Waals surface area contributed by atoms with Crippen molar-refractivity contribution in [3.63, 3.8) is 0 Å². The highest BCUT2D eigenvalue weighted by molar-refractivity contribution is 9.09. The Morgan fingerprint density at radius 1 is 1.16 bits per heavy atom. The van der Waals surface area contributed by atoms with Gasteiger partial charge in [-0.25, -0.2) is 0 Å². The van der Waals surface area contributed by atoms with Crippen LogP contribution in [-0.2, 0) is 28.7 Å². The summed E-state index contributed by atoms with van der Waals surface area (Å²) in [5.41, 5.74) is 1.83. The number of carbonyl (C=O) groups is 4. The van der Waals surface area contributed by atoms with Crippen molar-refractivity contribution in [2.24, 2.45) is 11.8 Å². The number of esters is 1. The molecule has 3 aliphatic heterocycles. The number of nitrogens with one attached hydrogen (secondary N) is 1. The number of halogens is 1. The number of likely N-dealkylation sites (tertiary alicyclic amines) is 1. The molecule has 3 fully saturated rings. The molecule has 1 unspecified atom stereocenters. The molecule has 2 N–H and O–H groups in total. The SMILES string of the molecule is C=CCCC(=O)N[C@@H](C)[C@H](OC(=O)[C@@H]1[C@H]2O[C@@]3(CC2Br)[C@H](C(=O)N(CC=C)c2cc(C)ccc2C)N([C@H](C)CO)C(=O)[C@@H]13)c1ccccc1. The van der Waals surface area contributed by atoms with Gasteiger partial charge in [-0.05, 0) is 63.3 Å². The molecule has 3 heterocycles. The van der Waals surface area contributed by atoms with E-state index >= 15 is 0 Å². The zero-order valence-corrected chi connectivity index (χ0v) is 30.1. The number of anilines is 1. The van der Waals surface area contributed by atoms with Crippen LogP contribution >= 0.6 is 15.9 Å². The fourth-order valence-corrected chi connectivity index (χ4v) is 8.66. The summed E-state index contributed by atoms with van der Waals surface area (Å²) in [5.74, 6) is -3.75. The van der Waals surface area contributed by atoms with E-state index < -0.39 is 66.3 Å². The molecule has 2 aromatic rings. The Hall–Kier alpha value is -3.80. The van der Waals surface area contributed by atoms with Crippen LogP contribution in [0.1, 0.15) is 55.9 Å². The standard InChI is InChI=1S/C38H46BrN3O7/c1-7-9-15-29(44)40-25(6)32(26-13-11-10-12-14-26)48-37(47)30-31-35(45)42(24(5)21-43)34(38(31)20-27(39)33(30)49-38)36(46)41(18-8-2)28-19-22(3)16-17-23(28)4/h7-8,10-14,16-17,19,24-25,27,30-34,43H,1-2,9,15,18,20-21H2,3-6H3,(H,40,44)/t24-,25+,27?,30+,31-,32+,33+,34+,38-/m1/s1. The largest absolute Gasteiger partial charge is 0.455 e. The summed E-state index contributed by atoms with van der Waals surface area (Å²) < 4.78 is 12.9. The van der Waals surface area contributed by atoms with Crippen LogP contribution in [0.2, 0.25) is 0 Å². The fraction of sp³-hybridized carbons (Fsp3) is 0.474. The predicted molar refractivity (Wildman–Crippen MR) is 190 cm³/mol. The van der Waals surface area contributed by atoms with Gasteiger partial charge in [0.1, 0.15) is 17.7 Å². The zero-order chi connectivity index (χ0) is 35.6. The summed E-state index contributed by atoms with van der Waals surface area (Å²) in [6.45, 7) is 14.7. The van der Waals surface area contributed by atoms with Crippen LogP contribution < -0.4 is 10.2 Å². The number of nitrogens with zero attached hydrogens (tertiary/aromatic N) is 2. The number of hydrogen-bond donors (Lipinski definition) is 2. The number of ether oxygens (including phenoxy) is 2. The van der Waals surface area contributed by atoms with Crippen molar-refractivity contribution in [2.45, 2.75) is 87.7 Å². The van der Waals surface area contributed by atoms with E-state index in [1.54, 1.807) is 30.9 Å². The van der Waals surface area contributed by atoms with Crippen LogP contribution in [0.5, 0.6) is 0 Å². The average molecular weight is 737 g/mol. The van der Waals surface area contributed by atoms with Gasteiger partial charge in [0, 0.05) is 23.5 Å². The van der Waals surface area contributed by atoms with Gasteiger partial charge >= 0.3 is 5.97 Å². The number of aryl methyl sites for hydroxylation is 2. The number of hydrogen-bond acceptors (Lipinski definition) is 7. The second kappa shape index (κ2) is 15.0. The molecule has 49 heavy (non-hydrogen) atoms. The zero-order valence-electron chi connectivity index (χ0n) is 28.5. The minimum atomic E-state index is -1.36. The molecule has 2 bridgehead atoms. The molecule has 0 saturated carbocycles. The number of benzene rings is 2. The number of amides is 3. The van der Waals surface area contributed by atoms with Crippen molar-refractivity contribution >= 4 is 45.3 Å². The second-order valence-corrected chi connectivity index (χ2v) is 14.6. The number of alkyl halides is 1. The molecule has 1 spiro atoms. The maximum absolute atomic E-state index is 14.9. The summed E-state index contributed by atoms with van der Waals surface area (Å²) in [6, 6.07) is 12.5. The Balaban J connectivity index is 1.52. The number of allylic oxidation sites excluding steroid dienone is 1. The highest BCUT2D eigenvalue weighted by Gasteiger charge is 2.77. The first-order chi connectivity index (χ1) is 23.4. The van der Waals surface area contributed by atoms with Crippen LogP contribution in [0.3, 0.4) is 0 Å². The van der Waals surface area contributed by atoms with E-state index in [1.165, 1.54) is 4.90 Å². The van der Waals surface area contributed by atoms with Gasteiger partial charge in [-0.1, -0.05) is 70.5 Å². The normalized spacial score (nSPS) is 27.2. The lowest BCUT2D eigenvalue weighted by molar-refractivity contribution is -0.162. The minimum absolute atomic E-state index is 0.178. The van der Waals surface area contributed by atoms with E-state index in [2.05, 4.69) is 34.4 Å². The van der Waals surface area contributed by atoms with Crippen molar-refractivity contribution in [3.05, 3.63) is 90.5 Å². The number of rotatable bonds is 14. The molecule has 262 valence electrons. The van der Waals surface area contributed by atoms with Crippen LogP contribution in [0.15, 0.2) is 73.8 Å². The van der Waals surface area contributed by atoms with Crippen molar-refractivity contribution in [3.8, 4) is 0 Å². The molecule has 10 nitrogen and oxygen atoms in total. The van der Waals surface area contributed by atoms with Gasteiger partial charge in [0.25, 0.3) is 5.91 Å². The minimum Gasteiger partial charge on any atom is -0.455 e. The molecule has 0 aromatic heterocycles. The van der Waals surface area contributed by atoms with E-state index in [0.717, 1.165) is 11.1 Å². The molecule has 0 radical (unpaired) electrons. The summed E-state index contributed by atoms with van der Waals surface area (Å²) in [5, 5.41) is 13.3. The van der Waals surface area contributed by atoms with Gasteiger partial charge in [-0.3, -0.25) is 19.2 Å². The third-order valence-electron chi connectivity index (χ3n) is 9.99. The topological polar surface area (TPSA) is 125 Å². The average Bonchev–Trinajstić information content (AvgIpc) is 3.69. The van der Waals surface area contributed by atoms with Gasteiger partial charge in [-0.15, -0.1) is 13.2 Å². The number of carbonyl (C=O) groups excluding carboxylic acids is 4. The maximum Gasteiger partial charge on any atom is 0.313 e. The third kappa shape index (κ3) is 6.72. The van der Waals surface area contributed by atoms with Crippen molar-refractivity contribution in [1.29, 1.82) is 0 Å². The summed E-state index contributed by atoms with van der Waals surface area (Å²) in [6.07, 6.45) is 2.74. The predicted octanol–water partition coefficient (Wildman–Crippen LogP) is 4.71. The first-order valence-electron chi connectivity index (χ1n) is 16.8. The summed E-state index contributed by atoms with van der Waals surface area (Å²) in [4.78, 5) is 59.1. The van der Waals surface area contributed by atoms with Crippen molar-refractivity contribution in [1.82, 2.24) is 10.2 Å². The highest BCUT2D eigenvalue weighted by atomic mass is 79.9. The van der Waals surface area contributed by atoms with Crippen LogP contribution in [0, 0.1) is 25.7 Å². The Morgan fingerprint density at radius 3 is 2.53 bits per heavy atom. The molecule has 11 heteroatoms. The Bertz CT molecular complexity index is 1600. The van der Waals surface area contributed by atoms with Crippen molar-refractivity contribution in [2.75, 3.05) is 18.1 Å². The molecule has 9 atom stereocenters. The highest BCUT2D eigenvalue weighted by Crippen LogP contribution is 2.61. The molecular weight excluding hydrogens is 690 g/mol. The second-order valence-electron chi connectivity index (χ2n) is 13.4. The van der Waals surface area contributed by atoms with E-state index in [0.29, 0.717) is 24.1 Å². The lowest BCUT2D eigenvalue weighted by Crippen LogP contribution is -2.59.